The van der Waals surface area contributed by atoms with Crippen LogP contribution in [-0.4, -0.2) is 25.4 Å². The number of carbonyl (C=O) groups is 1. The number of benzene rings is 2. The monoisotopic (exact) mass is 441 g/mol. The lowest BCUT2D eigenvalue weighted by Crippen LogP contribution is -2.12. The summed E-state index contributed by atoms with van der Waals surface area (Å²) < 4.78 is 31.0. The number of halogens is 2. The van der Waals surface area contributed by atoms with Gasteiger partial charge in [-0.05, 0) is 60.4 Å². The average molecular weight is 441 g/mol. The maximum absolute atomic E-state index is 15.0. The van der Waals surface area contributed by atoms with E-state index in [2.05, 4.69) is 22.1 Å². The molecule has 2 aromatic carbocycles. The summed E-state index contributed by atoms with van der Waals surface area (Å²) in [5.74, 6) is -2.74. The van der Waals surface area contributed by atoms with Gasteiger partial charge in [-0.25, -0.2) is 18.6 Å². The van der Waals surface area contributed by atoms with E-state index in [-0.39, 0.29) is 11.1 Å². The predicted octanol–water partition coefficient (Wildman–Crippen LogP) is 5.61. The zero-order valence-corrected chi connectivity index (χ0v) is 17.3. The Bertz CT molecular complexity index is 1590. The molecule has 1 saturated carbocycles. The molecule has 7 heteroatoms. The van der Waals surface area contributed by atoms with Crippen molar-refractivity contribution in [3.8, 4) is 11.1 Å². The molecule has 3 aromatic heterocycles. The minimum atomic E-state index is -1.35. The van der Waals surface area contributed by atoms with Crippen LogP contribution in [0.5, 0.6) is 0 Å². The molecule has 1 fully saturated rings. The van der Waals surface area contributed by atoms with E-state index in [1.807, 2.05) is 18.2 Å². The molecule has 162 valence electrons. The molecular weight excluding hydrogens is 424 g/mol. The molecule has 0 radical (unpaired) electrons. The summed E-state index contributed by atoms with van der Waals surface area (Å²) in [7, 11) is 0. The van der Waals surface area contributed by atoms with E-state index in [0.29, 0.717) is 11.1 Å². The Balaban J connectivity index is 1.49. The van der Waals surface area contributed by atoms with Crippen molar-refractivity contribution in [1.29, 1.82) is 0 Å². The highest BCUT2D eigenvalue weighted by molar-refractivity contribution is 5.88. The van der Waals surface area contributed by atoms with Crippen molar-refractivity contribution < 1.29 is 18.7 Å². The van der Waals surface area contributed by atoms with E-state index in [1.165, 1.54) is 18.2 Å². The Hall–Kier alpha value is -4.13. The van der Waals surface area contributed by atoms with Gasteiger partial charge in [0, 0.05) is 28.8 Å². The molecule has 1 N–H and O–H groups in total. The van der Waals surface area contributed by atoms with Crippen LogP contribution in [0.4, 0.5) is 8.78 Å². The van der Waals surface area contributed by atoms with E-state index in [9.17, 15) is 13.6 Å². The van der Waals surface area contributed by atoms with E-state index in [4.69, 9.17) is 5.11 Å². The van der Waals surface area contributed by atoms with Gasteiger partial charge >= 0.3 is 5.97 Å². The third kappa shape index (κ3) is 3.00. The second-order valence-electron chi connectivity index (χ2n) is 8.41. The van der Waals surface area contributed by atoms with Crippen LogP contribution in [0.25, 0.3) is 27.7 Å². The van der Waals surface area contributed by atoms with Crippen LogP contribution in [0.15, 0.2) is 73.2 Å². The summed E-state index contributed by atoms with van der Waals surface area (Å²) >= 11 is 0. The molecule has 33 heavy (non-hydrogen) atoms. The highest BCUT2D eigenvalue weighted by Gasteiger charge is 2.48. The highest BCUT2D eigenvalue weighted by Crippen LogP contribution is 2.54. The first-order chi connectivity index (χ1) is 16.0. The summed E-state index contributed by atoms with van der Waals surface area (Å²) in [6, 6.07) is 15.2. The molecule has 5 aromatic rings. The molecule has 1 aliphatic carbocycles. The fraction of sp³-hybridized carbons (Fsp3) is 0.115. The number of fused-ring (bicyclic) bond motifs is 2. The van der Waals surface area contributed by atoms with Crippen LogP contribution in [0.2, 0.25) is 0 Å². The molecular formula is C26H17F2N3O2. The lowest BCUT2D eigenvalue weighted by atomic mass is 9.91. The van der Waals surface area contributed by atoms with Gasteiger partial charge in [-0.1, -0.05) is 18.2 Å². The van der Waals surface area contributed by atoms with Crippen LogP contribution in [-0.2, 0) is 5.41 Å². The molecule has 5 nitrogen and oxygen atoms in total. The van der Waals surface area contributed by atoms with Gasteiger partial charge in [-0.15, -0.1) is 0 Å². The van der Waals surface area contributed by atoms with E-state index in [0.717, 1.165) is 41.1 Å². The Morgan fingerprint density at radius 1 is 0.970 bits per heavy atom. The molecule has 0 unspecified atom stereocenters. The number of pyridine rings is 2. The lowest BCUT2D eigenvalue weighted by Gasteiger charge is -2.17. The maximum atomic E-state index is 15.0. The molecule has 1 aliphatic rings. The summed E-state index contributed by atoms with van der Waals surface area (Å²) in [5.41, 5.74) is 3.21. The molecule has 0 atom stereocenters. The number of rotatable bonds is 4. The predicted molar refractivity (Wildman–Crippen MR) is 119 cm³/mol. The average Bonchev–Trinajstić information content (AvgIpc) is 3.50. The van der Waals surface area contributed by atoms with Crippen molar-refractivity contribution in [2.75, 3.05) is 0 Å². The second-order valence-corrected chi connectivity index (χ2v) is 8.41. The summed E-state index contributed by atoms with van der Waals surface area (Å²) in [5, 5.41) is 10.1. The van der Waals surface area contributed by atoms with Crippen molar-refractivity contribution in [1.82, 2.24) is 14.4 Å². The summed E-state index contributed by atoms with van der Waals surface area (Å²) in [6.07, 6.45) is 7.01. The van der Waals surface area contributed by atoms with Gasteiger partial charge in [-0.3, -0.25) is 4.98 Å². The quantitative estimate of drug-likeness (QED) is 0.394. The SMILES string of the molecule is O=C(O)c1ccc(-c2cc(F)c3ncc(C4(c5ccc6ncccc6c5)CC4)n3c2)cc1F. The molecule has 0 saturated heterocycles. The van der Waals surface area contributed by atoms with Crippen molar-refractivity contribution in [3.63, 3.8) is 0 Å². The minimum Gasteiger partial charge on any atom is -0.478 e. The van der Waals surface area contributed by atoms with Gasteiger partial charge in [0.05, 0.1) is 23.0 Å². The highest BCUT2D eigenvalue weighted by atomic mass is 19.1. The number of carboxylic acids is 1. The van der Waals surface area contributed by atoms with Crippen molar-refractivity contribution in [2.45, 2.75) is 18.3 Å². The van der Waals surface area contributed by atoms with E-state index >= 15 is 0 Å². The molecule has 6 rings (SSSR count). The number of aromatic nitrogens is 3. The smallest absolute Gasteiger partial charge is 0.338 e. The summed E-state index contributed by atoms with van der Waals surface area (Å²) in [6.45, 7) is 0. The zero-order chi connectivity index (χ0) is 22.7. The molecule has 0 amide bonds. The van der Waals surface area contributed by atoms with Crippen LogP contribution in [0.3, 0.4) is 0 Å². The second kappa shape index (κ2) is 6.93. The summed E-state index contributed by atoms with van der Waals surface area (Å²) in [4.78, 5) is 19.8. The van der Waals surface area contributed by atoms with E-state index < -0.39 is 23.2 Å². The van der Waals surface area contributed by atoms with Crippen molar-refractivity contribution in [2.24, 2.45) is 0 Å². The van der Waals surface area contributed by atoms with Crippen LogP contribution in [0, 0.1) is 11.6 Å². The number of aromatic carboxylic acids is 1. The number of hydrogen-bond acceptors (Lipinski definition) is 3. The maximum Gasteiger partial charge on any atom is 0.338 e. The normalized spacial score (nSPS) is 14.6. The molecule has 0 bridgehead atoms. The van der Waals surface area contributed by atoms with Crippen LogP contribution >= 0.6 is 0 Å². The van der Waals surface area contributed by atoms with Gasteiger partial charge in [0.2, 0.25) is 0 Å². The lowest BCUT2D eigenvalue weighted by molar-refractivity contribution is 0.0692. The van der Waals surface area contributed by atoms with Gasteiger partial charge in [0.25, 0.3) is 0 Å². The molecule has 0 spiro atoms. The van der Waals surface area contributed by atoms with Crippen LogP contribution in [0.1, 0.15) is 34.5 Å². The molecule has 0 aliphatic heterocycles. The van der Waals surface area contributed by atoms with Crippen molar-refractivity contribution >= 4 is 22.5 Å². The largest absolute Gasteiger partial charge is 0.478 e. The number of nitrogens with zero attached hydrogens (tertiary/aromatic N) is 3. The Morgan fingerprint density at radius 3 is 2.55 bits per heavy atom. The Kier molecular flexibility index (Phi) is 4.11. The Morgan fingerprint density at radius 2 is 1.79 bits per heavy atom. The van der Waals surface area contributed by atoms with Gasteiger partial charge < -0.3 is 9.51 Å². The van der Waals surface area contributed by atoms with Crippen LogP contribution < -0.4 is 0 Å². The zero-order valence-electron chi connectivity index (χ0n) is 17.3. The topological polar surface area (TPSA) is 67.5 Å². The van der Waals surface area contributed by atoms with Crippen molar-refractivity contribution in [3.05, 3.63) is 102 Å². The number of carboxylic acid groups (broad SMARTS) is 1. The number of imidazole rings is 1. The first kappa shape index (κ1) is 19.5. The van der Waals surface area contributed by atoms with Gasteiger partial charge in [0.15, 0.2) is 11.5 Å². The standard InChI is InChI=1S/C26H17F2N3O2/c27-20-11-15(3-5-19(20)25(32)33)17-12-21(28)24-30-13-23(31(24)14-17)26(7-8-26)18-4-6-22-16(10-18)2-1-9-29-22/h1-6,9-14H,7-8H2,(H,32,33). The van der Waals surface area contributed by atoms with Gasteiger partial charge in [-0.2, -0.15) is 0 Å². The van der Waals surface area contributed by atoms with Gasteiger partial charge in [0.1, 0.15) is 5.82 Å². The third-order valence-corrected chi connectivity index (χ3v) is 6.49. The Labute approximate surface area is 187 Å². The fourth-order valence-corrected chi connectivity index (χ4v) is 4.62. The third-order valence-electron chi connectivity index (χ3n) is 6.49. The number of hydrogen-bond donors (Lipinski definition) is 1. The molecule has 3 heterocycles. The minimum absolute atomic E-state index is 0.199. The first-order valence-electron chi connectivity index (χ1n) is 10.5. The first-order valence-corrected chi connectivity index (χ1v) is 10.5. The van der Waals surface area contributed by atoms with E-state index in [1.54, 1.807) is 23.0 Å². The fourth-order valence-electron chi connectivity index (χ4n) is 4.62.